The average Bonchev–Trinajstić information content (AvgIpc) is 2.46. The van der Waals surface area contributed by atoms with E-state index >= 15 is 0 Å². The first-order valence-electron chi connectivity index (χ1n) is 6.70. The second-order valence-corrected chi connectivity index (χ2v) is 4.82. The maximum atomic E-state index is 10.6. The molecular formula is C17H18O3. The van der Waals surface area contributed by atoms with Crippen LogP contribution in [0.2, 0.25) is 0 Å². The van der Waals surface area contributed by atoms with Crippen LogP contribution in [-0.2, 0) is 4.79 Å². The molecule has 0 fully saturated rings. The van der Waals surface area contributed by atoms with Gasteiger partial charge in [-0.05, 0) is 42.2 Å². The number of rotatable bonds is 6. The number of hydrogen-bond acceptors (Lipinski definition) is 2. The van der Waals surface area contributed by atoms with Gasteiger partial charge in [0.2, 0.25) is 0 Å². The summed E-state index contributed by atoms with van der Waals surface area (Å²) in [5.41, 5.74) is 1.13. The Morgan fingerprint density at radius 3 is 2.25 bits per heavy atom. The van der Waals surface area contributed by atoms with Crippen LogP contribution in [0, 0.1) is 0 Å². The number of carboxylic acid groups (broad SMARTS) is 1. The average molecular weight is 270 g/mol. The van der Waals surface area contributed by atoms with E-state index in [1.807, 2.05) is 61.5 Å². The molecule has 104 valence electrons. The van der Waals surface area contributed by atoms with Crippen molar-refractivity contribution in [2.45, 2.75) is 25.7 Å². The van der Waals surface area contributed by atoms with Crippen molar-refractivity contribution in [1.29, 1.82) is 0 Å². The fraction of sp³-hybridized carbons (Fsp3) is 0.235. The summed E-state index contributed by atoms with van der Waals surface area (Å²) in [5.74, 6) is 1.07. The predicted octanol–water partition coefficient (Wildman–Crippen LogP) is 4.45. The van der Waals surface area contributed by atoms with Crippen molar-refractivity contribution in [2.24, 2.45) is 0 Å². The van der Waals surface area contributed by atoms with Crippen LogP contribution in [0.1, 0.15) is 31.2 Å². The number of benzene rings is 2. The summed E-state index contributed by atoms with van der Waals surface area (Å²) in [6, 6.07) is 17.4. The molecule has 0 heterocycles. The van der Waals surface area contributed by atoms with Crippen molar-refractivity contribution in [3.63, 3.8) is 0 Å². The van der Waals surface area contributed by atoms with Gasteiger partial charge in [-0.25, -0.2) is 0 Å². The van der Waals surface area contributed by atoms with Gasteiger partial charge in [0.1, 0.15) is 11.5 Å². The molecule has 0 radical (unpaired) electrons. The molecule has 3 nitrogen and oxygen atoms in total. The van der Waals surface area contributed by atoms with E-state index in [-0.39, 0.29) is 12.3 Å². The molecule has 0 aliphatic carbocycles. The first-order valence-corrected chi connectivity index (χ1v) is 6.70. The molecule has 0 aliphatic rings. The van der Waals surface area contributed by atoms with Crippen LogP contribution < -0.4 is 4.74 Å². The van der Waals surface area contributed by atoms with E-state index in [0.29, 0.717) is 6.42 Å². The molecule has 1 atom stereocenters. The number of aliphatic carboxylic acids is 1. The summed E-state index contributed by atoms with van der Waals surface area (Å²) in [6.45, 7) is 2.04. The molecule has 0 aromatic heterocycles. The summed E-state index contributed by atoms with van der Waals surface area (Å²) < 4.78 is 5.72. The summed E-state index contributed by atoms with van der Waals surface area (Å²) >= 11 is 0. The fourth-order valence-corrected chi connectivity index (χ4v) is 2.00. The standard InChI is InChI=1S/C17H18O3/c1-13(7-12-17(18)19)14-8-10-16(11-9-14)20-15-5-3-2-4-6-15/h2-6,8-11,13H,7,12H2,1H3,(H,18,19). The summed E-state index contributed by atoms with van der Waals surface area (Å²) in [5, 5.41) is 8.70. The lowest BCUT2D eigenvalue weighted by Gasteiger charge is -2.11. The van der Waals surface area contributed by atoms with E-state index in [1.165, 1.54) is 0 Å². The van der Waals surface area contributed by atoms with Crippen molar-refractivity contribution in [1.82, 2.24) is 0 Å². The molecule has 0 amide bonds. The van der Waals surface area contributed by atoms with Crippen molar-refractivity contribution in [2.75, 3.05) is 0 Å². The van der Waals surface area contributed by atoms with Crippen LogP contribution in [-0.4, -0.2) is 11.1 Å². The molecule has 0 saturated carbocycles. The second kappa shape index (κ2) is 6.75. The number of carbonyl (C=O) groups is 1. The predicted molar refractivity (Wildman–Crippen MR) is 78.2 cm³/mol. The Bertz CT molecular complexity index is 546. The van der Waals surface area contributed by atoms with E-state index in [4.69, 9.17) is 9.84 Å². The van der Waals surface area contributed by atoms with Crippen molar-refractivity contribution in [3.8, 4) is 11.5 Å². The normalized spacial score (nSPS) is 11.8. The van der Waals surface area contributed by atoms with Crippen LogP contribution >= 0.6 is 0 Å². The minimum Gasteiger partial charge on any atom is -0.481 e. The molecule has 1 unspecified atom stereocenters. The Labute approximate surface area is 118 Å². The zero-order valence-electron chi connectivity index (χ0n) is 11.5. The number of ether oxygens (including phenoxy) is 1. The van der Waals surface area contributed by atoms with Gasteiger partial charge in [0.25, 0.3) is 0 Å². The Morgan fingerprint density at radius 2 is 1.65 bits per heavy atom. The van der Waals surface area contributed by atoms with Gasteiger partial charge in [0.15, 0.2) is 0 Å². The highest BCUT2D eigenvalue weighted by Gasteiger charge is 2.08. The molecule has 0 bridgehead atoms. The molecule has 0 saturated heterocycles. The SMILES string of the molecule is CC(CCC(=O)O)c1ccc(Oc2ccccc2)cc1. The van der Waals surface area contributed by atoms with Gasteiger partial charge in [-0.1, -0.05) is 37.3 Å². The van der Waals surface area contributed by atoms with E-state index in [0.717, 1.165) is 17.1 Å². The minimum atomic E-state index is -0.749. The van der Waals surface area contributed by atoms with Gasteiger partial charge in [-0.3, -0.25) is 4.79 Å². The smallest absolute Gasteiger partial charge is 0.303 e. The Hall–Kier alpha value is -2.29. The Morgan fingerprint density at radius 1 is 1.05 bits per heavy atom. The third-order valence-corrected chi connectivity index (χ3v) is 3.22. The highest BCUT2D eigenvalue weighted by molar-refractivity contribution is 5.66. The summed E-state index contributed by atoms with van der Waals surface area (Å²) in [4.78, 5) is 10.6. The van der Waals surface area contributed by atoms with Gasteiger partial charge < -0.3 is 9.84 Å². The zero-order chi connectivity index (χ0) is 14.4. The minimum absolute atomic E-state index is 0.198. The maximum absolute atomic E-state index is 10.6. The first-order chi connectivity index (χ1) is 9.65. The van der Waals surface area contributed by atoms with Crippen molar-refractivity contribution >= 4 is 5.97 Å². The quantitative estimate of drug-likeness (QED) is 0.843. The molecule has 0 aliphatic heterocycles. The van der Waals surface area contributed by atoms with Gasteiger partial charge in [0, 0.05) is 6.42 Å². The monoisotopic (exact) mass is 270 g/mol. The van der Waals surface area contributed by atoms with E-state index in [9.17, 15) is 4.79 Å². The highest BCUT2D eigenvalue weighted by atomic mass is 16.5. The van der Waals surface area contributed by atoms with Gasteiger partial charge in [-0.2, -0.15) is 0 Å². The van der Waals surface area contributed by atoms with Crippen molar-refractivity contribution < 1.29 is 14.6 Å². The molecule has 1 N–H and O–H groups in total. The topological polar surface area (TPSA) is 46.5 Å². The molecule has 3 heteroatoms. The molecule has 2 rings (SSSR count). The molecule has 0 spiro atoms. The third kappa shape index (κ3) is 4.12. The lowest BCUT2D eigenvalue weighted by molar-refractivity contribution is -0.137. The second-order valence-electron chi connectivity index (χ2n) is 4.82. The molecule has 2 aromatic carbocycles. The molecule has 20 heavy (non-hydrogen) atoms. The lowest BCUT2D eigenvalue weighted by atomic mass is 9.96. The lowest BCUT2D eigenvalue weighted by Crippen LogP contribution is -2.00. The van der Waals surface area contributed by atoms with Crippen LogP contribution in [0.4, 0.5) is 0 Å². The van der Waals surface area contributed by atoms with Crippen molar-refractivity contribution in [3.05, 3.63) is 60.2 Å². The zero-order valence-corrected chi connectivity index (χ0v) is 11.5. The van der Waals surface area contributed by atoms with Gasteiger partial charge in [-0.15, -0.1) is 0 Å². The summed E-state index contributed by atoms with van der Waals surface area (Å²) in [6.07, 6.45) is 0.845. The van der Waals surface area contributed by atoms with Crippen LogP contribution in [0.15, 0.2) is 54.6 Å². The summed E-state index contributed by atoms with van der Waals surface area (Å²) in [7, 11) is 0. The van der Waals surface area contributed by atoms with Crippen LogP contribution in [0.5, 0.6) is 11.5 Å². The fourth-order valence-electron chi connectivity index (χ4n) is 2.00. The molecule has 2 aromatic rings. The third-order valence-electron chi connectivity index (χ3n) is 3.22. The maximum Gasteiger partial charge on any atom is 0.303 e. The Balaban J connectivity index is 1.97. The first kappa shape index (κ1) is 14.1. The molecular weight excluding hydrogens is 252 g/mol. The van der Waals surface area contributed by atoms with Gasteiger partial charge >= 0.3 is 5.97 Å². The van der Waals surface area contributed by atoms with E-state index < -0.39 is 5.97 Å². The number of para-hydroxylation sites is 1. The number of hydrogen-bond donors (Lipinski definition) is 1. The van der Waals surface area contributed by atoms with Gasteiger partial charge in [0.05, 0.1) is 0 Å². The highest BCUT2D eigenvalue weighted by Crippen LogP contribution is 2.25. The van der Waals surface area contributed by atoms with E-state index in [1.54, 1.807) is 0 Å². The Kier molecular flexibility index (Phi) is 4.77. The van der Waals surface area contributed by atoms with Crippen LogP contribution in [0.3, 0.4) is 0 Å². The van der Waals surface area contributed by atoms with Crippen LogP contribution in [0.25, 0.3) is 0 Å². The number of carboxylic acids is 1. The largest absolute Gasteiger partial charge is 0.481 e. The van der Waals surface area contributed by atoms with E-state index in [2.05, 4.69) is 0 Å².